The molecule has 7 heteroatoms. The van der Waals surface area contributed by atoms with E-state index in [9.17, 15) is 13.2 Å². The molecule has 1 N–H and O–H groups in total. The Hall–Kier alpha value is -2.38. The highest BCUT2D eigenvalue weighted by Crippen LogP contribution is 2.35. The number of methoxy groups -OCH3 is 1. The van der Waals surface area contributed by atoms with Crippen molar-refractivity contribution in [2.45, 2.75) is 31.7 Å². The van der Waals surface area contributed by atoms with Crippen molar-refractivity contribution >= 4 is 15.9 Å². The van der Waals surface area contributed by atoms with Crippen LogP contribution in [0.1, 0.15) is 28.3 Å². The van der Waals surface area contributed by atoms with Crippen LogP contribution >= 0.6 is 0 Å². The molecule has 0 spiro atoms. The van der Waals surface area contributed by atoms with E-state index >= 15 is 0 Å². The maximum absolute atomic E-state index is 13.5. The van der Waals surface area contributed by atoms with Gasteiger partial charge in [0.15, 0.2) is 0 Å². The van der Waals surface area contributed by atoms with Crippen molar-refractivity contribution in [1.82, 2.24) is 9.62 Å². The Morgan fingerprint density at radius 3 is 2.48 bits per heavy atom. The van der Waals surface area contributed by atoms with Crippen molar-refractivity contribution in [2.75, 3.05) is 20.2 Å². The van der Waals surface area contributed by atoms with E-state index < -0.39 is 16.1 Å². The molecule has 0 aromatic heterocycles. The van der Waals surface area contributed by atoms with Gasteiger partial charge in [0.2, 0.25) is 15.9 Å². The van der Waals surface area contributed by atoms with E-state index in [0.29, 0.717) is 5.56 Å². The molecular weight excluding hydrogens is 364 g/mol. The van der Waals surface area contributed by atoms with Crippen LogP contribution in [-0.4, -0.2) is 38.8 Å². The van der Waals surface area contributed by atoms with Crippen LogP contribution in [-0.2, 0) is 14.8 Å². The second-order valence-corrected chi connectivity index (χ2v) is 8.67. The standard InChI is InChI=1S/C20H24N2O4S/c1-13-6-5-7-16(10-13)19-20(23)21-8-9-22(19)27(24,25)18-12-15(3)14(2)11-17(18)26-4/h5-7,10-12,19H,8-9H2,1-4H3,(H,21,23). The molecule has 1 aliphatic heterocycles. The third kappa shape index (κ3) is 3.57. The molecule has 1 amide bonds. The molecule has 2 aromatic carbocycles. The van der Waals surface area contributed by atoms with Gasteiger partial charge >= 0.3 is 0 Å². The van der Waals surface area contributed by atoms with E-state index in [0.717, 1.165) is 16.7 Å². The van der Waals surface area contributed by atoms with Gasteiger partial charge in [-0.2, -0.15) is 4.31 Å². The van der Waals surface area contributed by atoms with Crippen molar-refractivity contribution in [2.24, 2.45) is 0 Å². The lowest BCUT2D eigenvalue weighted by Crippen LogP contribution is -2.52. The molecule has 27 heavy (non-hydrogen) atoms. The van der Waals surface area contributed by atoms with Crippen LogP contribution in [0.3, 0.4) is 0 Å². The Kier molecular flexibility index (Phi) is 5.26. The molecule has 3 rings (SSSR count). The Morgan fingerprint density at radius 2 is 1.81 bits per heavy atom. The molecule has 0 bridgehead atoms. The lowest BCUT2D eigenvalue weighted by Gasteiger charge is -2.34. The summed E-state index contributed by atoms with van der Waals surface area (Å²) in [5.41, 5.74) is 3.41. The number of amides is 1. The molecule has 1 heterocycles. The smallest absolute Gasteiger partial charge is 0.247 e. The second kappa shape index (κ2) is 7.32. The number of benzene rings is 2. The first-order valence-corrected chi connectivity index (χ1v) is 10.2. The highest BCUT2D eigenvalue weighted by atomic mass is 32.2. The van der Waals surface area contributed by atoms with Crippen LogP contribution in [0.4, 0.5) is 0 Å². The van der Waals surface area contributed by atoms with Gasteiger partial charge < -0.3 is 10.1 Å². The van der Waals surface area contributed by atoms with Crippen LogP contribution in [0.25, 0.3) is 0 Å². The number of nitrogens with one attached hydrogen (secondary N) is 1. The predicted octanol–water partition coefficient (Wildman–Crippen LogP) is 2.48. The number of piperazine rings is 1. The SMILES string of the molecule is COc1cc(C)c(C)cc1S(=O)(=O)N1CCNC(=O)C1c1cccc(C)c1. The second-order valence-electron chi connectivity index (χ2n) is 6.81. The van der Waals surface area contributed by atoms with Crippen molar-refractivity contribution in [3.63, 3.8) is 0 Å². The summed E-state index contributed by atoms with van der Waals surface area (Å²) in [6, 6.07) is 9.79. The predicted molar refractivity (Wildman–Crippen MR) is 103 cm³/mol. The number of nitrogens with zero attached hydrogens (tertiary/aromatic N) is 1. The van der Waals surface area contributed by atoms with E-state index in [-0.39, 0.29) is 29.6 Å². The first kappa shape index (κ1) is 19.4. The summed E-state index contributed by atoms with van der Waals surface area (Å²) in [5, 5.41) is 2.78. The van der Waals surface area contributed by atoms with E-state index in [1.807, 2.05) is 39.0 Å². The molecule has 2 aromatic rings. The fraction of sp³-hybridized carbons (Fsp3) is 0.350. The first-order chi connectivity index (χ1) is 12.8. The summed E-state index contributed by atoms with van der Waals surface area (Å²) in [6.45, 7) is 6.14. The fourth-order valence-corrected chi connectivity index (χ4v) is 5.11. The molecule has 1 unspecified atom stereocenters. The van der Waals surface area contributed by atoms with Gasteiger partial charge in [-0.05, 0) is 49.6 Å². The molecular formula is C20H24N2O4S. The Morgan fingerprint density at radius 1 is 1.11 bits per heavy atom. The quantitative estimate of drug-likeness (QED) is 0.873. The summed E-state index contributed by atoms with van der Waals surface area (Å²) in [4.78, 5) is 12.7. The van der Waals surface area contributed by atoms with Crippen LogP contribution in [0.2, 0.25) is 0 Å². The number of ether oxygens (including phenoxy) is 1. The van der Waals surface area contributed by atoms with Crippen LogP contribution in [0.5, 0.6) is 5.75 Å². The van der Waals surface area contributed by atoms with Gasteiger partial charge in [0.25, 0.3) is 0 Å². The topological polar surface area (TPSA) is 75.7 Å². The molecule has 1 fully saturated rings. The third-order valence-corrected chi connectivity index (χ3v) is 6.78. The Bertz CT molecular complexity index is 985. The first-order valence-electron chi connectivity index (χ1n) is 8.77. The summed E-state index contributed by atoms with van der Waals surface area (Å²) in [6.07, 6.45) is 0. The van der Waals surface area contributed by atoms with E-state index in [1.165, 1.54) is 11.4 Å². The van der Waals surface area contributed by atoms with Crippen molar-refractivity contribution in [3.05, 3.63) is 58.7 Å². The number of hydrogen-bond acceptors (Lipinski definition) is 4. The van der Waals surface area contributed by atoms with E-state index in [1.54, 1.807) is 18.2 Å². The lowest BCUT2D eigenvalue weighted by atomic mass is 10.0. The van der Waals surface area contributed by atoms with Crippen molar-refractivity contribution < 1.29 is 17.9 Å². The monoisotopic (exact) mass is 388 g/mol. The zero-order valence-corrected chi connectivity index (χ0v) is 16.8. The fourth-order valence-electron chi connectivity index (χ4n) is 3.31. The highest BCUT2D eigenvalue weighted by Gasteiger charge is 2.40. The average molecular weight is 388 g/mol. The average Bonchev–Trinajstić information content (AvgIpc) is 2.63. The van der Waals surface area contributed by atoms with Crippen LogP contribution in [0.15, 0.2) is 41.3 Å². The Balaban J connectivity index is 2.14. The minimum atomic E-state index is -3.94. The molecule has 0 saturated carbocycles. The molecule has 6 nitrogen and oxygen atoms in total. The maximum atomic E-state index is 13.5. The molecule has 1 atom stereocenters. The maximum Gasteiger partial charge on any atom is 0.247 e. The molecule has 144 valence electrons. The van der Waals surface area contributed by atoms with Gasteiger partial charge in [0, 0.05) is 13.1 Å². The molecule has 1 saturated heterocycles. The number of sulfonamides is 1. The lowest BCUT2D eigenvalue weighted by molar-refractivity contribution is -0.126. The van der Waals surface area contributed by atoms with Gasteiger partial charge in [0.1, 0.15) is 16.7 Å². The number of hydrogen-bond donors (Lipinski definition) is 1. The van der Waals surface area contributed by atoms with Gasteiger partial charge in [-0.1, -0.05) is 29.8 Å². The Labute approximate surface area is 160 Å². The third-order valence-electron chi connectivity index (χ3n) is 4.89. The number of rotatable bonds is 4. The van der Waals surface area contributed by atoms with Gasteiger partial charge in [-0.25, -0.2) is 8.42 Å². The largest absolute Gasteiger partial charge is 0.495 e. The van der Waals surface area contributed by atoms with Crippen LogP contribution < -0.4 is 10.1 Å². The van der Waals surface area contributed by atoms with Crippen molar-refractivity contribution in [1.29, 1.82) is 0 Å². The zero-order chi connectivity index (χ0) is 19.8. The molecule has 0 aliphatic carbocycles. The van der Waals surface area contributed by atoms with Gasteiger partial charge in [-0.15, -0.1) is 0 Å². The minimum absolute atomic E-state index is 0.0838. The summed E-state index contributed by atoms with van der Waals surface area (Å²) in [5.74, 6) is -0.0368. The van der Waals surface area contributed by atoms with E-state index in [2.05, 4.69) is 5.32 Å². The highest BCUT2D eigenvalue weighted by molar-refractivity contribution is 7.89. The number of carbonyl (C=O) groups excluding carboxylic acids is 1. The van der Waals surface area contributed by atoms with Crippen LogP contribution in [0, 0.1) is 20.8 Å². The molecule has 1 aliphatic rings. The number of aryl methyl sites for hydroxylation is 3. The van der Waals surface area contributed by atoms with Gasteiger partial charge in [0.05, 0.1) is 7.11 Å². The van der Waals surface area contributed by atoms with Gasteiger partial charge in [-0.3, -0.25) is 4.79 Å². The molecule has 0 radical (unpaired) electrons. The number of carbonyl (C=O) groups is 1. The van der Waals surface area contributed by atoms with E-state index in [4.69, 9.17) is 4.74 Å². The summed E-state index contributed by atoms with van der Waals surface area (Å²) >= 11 is 0. The normalized spacial score (nSPS) is 18.2. The van der Waals surface area contributed by atoms with Crippen molar-refractivity contribution in [3.8, 4) is 5.75 Å². The summed E-state index contributed by atoms with van der Waals surface area (Å²) < 4.78 is 33.6. The zero-order valence-electron chi connectivity index (χ0n) is 15.9. The minimum Gasteiger partial charge on any atom is -0.495 e. The summed E-state index contributed by atoms with van der Waals surface area (Å²) in [7, 11) is -2.49.